The maximum absolute atomic E-state index is 10.9. The van der Waals surface area contributed by atoms with Crippen LogP contribution in [0.3, 0.4) is 0 Å². The first kappa shape index (κ1) is 22.0. The summed E-state index contributed by atoms with van der Waals surface area (Å²) < 4.78 is 13.3. The van der Waals surface area contributed by atoms with Crippen LogP contribution in [0.1, 0.15) is 11.5 Å². The van der Waals surface area contributed by atoms with E-state index in [-0.39, 0.29) is 5.69 Å². The van der Waals surface area contributed by atoms with Crippen LogP contribution in [0.15, 0.2) is 58.1 Å². The molecular formula is C22H21N7O4S. The van der Waals surface area contributed by atoms with E-state index in [1.54, 1.807) is 12.1 Å². The van der Waals surface area contributed by atoms with Crippen molar-refractivity contribution in [2.45, 2.75) is 17.8 Å². The van der Waals surface area contributed by atoms with Crippen LogP contribution in [0.2, 0.25) is 0 Å². The van der Waals surface area contributed by atoms with E-state index in [1.807, 2.05) is 29.7 Å². The van der Waals surface area contributed by atoms with Crippen LogP contribution in [0.5, 0.6) is 0 Å². The van der Waals surface area contributed by atoms with E-state index in [2.05, 4.69) is 31.4 Å². The van der Waals surface area contributed by atoms with Gasteiger partial charge in [-0.25, -0.2) is 0 Å². The van der Waals surface area contributed by atoms with E-state index in [0.29, 0.717) is 41.5 Å². The topological polar surface area (TPSA) is 125 Å². The standard InChI is InChI=1S/C22H21N7O4S/c1-15-3-2-4-18(13-15)28-21(27-9-11-32-12-10-27)25-26-22(28)34-14-19-23-24-20(33-19)16-5-7-17(8-6-16)29(30)31/h2-8,13H,9-12,14H2,1H3. The molecule has 174 valence electrons. The zero-order valence-corrected chi connectivity index (χ0v) is 19.1. The molecule has 0 unspecified atom stereocenters. The second-order valence-electron chi connectivity index (χ2n) is 7.65. The zero-order valence-electron chi connectivity index (χ0n) is 18.3. The minimum Gasteiger partial charge on any atom is -0.420 e. The third kappa shape index (κ3) is 4.63. The van der Waals surface area contributed by atoms with Gasteiger partial charge < -0.3 is 14.1 Å². The number of anilines is 1. The number of rotatable bonds is 7. The van der Waals surface area contributed by atoms with Gasteiger partial charge in [-0.05, 0) is 36.8 Å². The molecule has 4 aromatic rings. The molecule has 12 heteroatoms. The van der Waals surface area contributed by atoms with Crippen LogP contribution < -0.4 is 4.90 Å². The first-order chi connectivity index (χ1) is 16.6. The van der Waals surface area contributed by atoms with Gasteiger partial charge in [0.15, 0.2) is 5.16 Å². The minimum atomic E-state index is -0.449. The highest BCUT2D eigenvalue weighted by atomic mass is 32.2. The average Bonchev–Trinajstić information content (AvgIpc) is 3.51. The molecule has 0 amide bonds. The van der Waals surface area contributed by atoms with Gasteiger partial charge in [-0.2, -0.15) is 0 Å². The maximum atomic E-state index is 10.9. The molecule has 5 rings (SSSR count). The van der Waals surface area contributed by atoms with Gasteiger partial charge in [-0.15, -0.1) is 20.4 Å². The van der Waals surface area contributed by atoms with Crippen molar-refractivity contribution >= 4 is 23.4 Å². The monoisotopic (exact) mass is 479 g/mol. The molecule has 0 atom stereocenters. The summed E-state index contributed by atoms with van der Waals surface area (Å²) in [4.78, 5) is 12.6. The molecule has 0 N–H and O–H groups in total. The summed E-state index contributed by atoms with van der Waals surface area (Å²) in [6.45, 7) is 4.84. The first-order valence-corrected chi connectivity index (χ1v) is 11.6. The summed E-state index contributed by atoms with van der Waals surface area (Å²) in [6, 6.07) is 14.2. The Hall–Kier alpha value is -3.77. The lowest BCUT2D eigenvalue weighted by Gasteiger charge is -2.28. The normalized spacial score (nSPS) is 13.9. The first-order valence-electron chi connectivity index (χ1n) is 10.6. The van der Waals surface area contributed by atoms with Crippen LogP contribution in [-0.2, 0) is 10.5 Å². The van der Waals surface area contributed by atoms with Crippen molar-refractivity contribution in [3.8, 4) is 17.1 Å². The van der Waals surface area contributed by atoms with Crippen LogP contribution in [0, 0.1) is 17.0 Å². The van der Waals surface area contributed by atoms with Gasteiger partial charge in [0.2, 0.25) is 17.7 Å². The molecule has 0 radical (unpaired) electrons. The average molecular weight is 480 g/mol. The maximum Gasteiger partial charge on any atom is 0.269 e. The Kier molecular flexibility index (Phi) is 6.23. The number of aryl methyl sites for hydroxylation is 1. The molecule has 3 heterocycles. The van der Waals surface area contributed by atoms with E-state index in [1.165, 1.54) is 23.9 Å². The zero-order chi connectivity index (χ0) is 23.5. The Morgan fingerprint density at radius 3 is 2.59 bits per heavy atom. The number of morpholine rings is 1. The molecule has 0 saturated carbocycles. The van der Waals surface area contributed by atoms with Crippen LogP contribution >= 0.6 is 11.8 Å². The van der Waals surface area contributed by atoms with Crippen molar-refractivity contribution < 1.29 is 14.1 Å². The van der Waals surface area contributed by atoms with Gasteiger partial charge in [-0.1, -0.05) is 23.9 Å². The summed E-state index contributed by atoms with van der Waals surface area (Å²) in [7, 11) is 0. The predicted octanol–water partition coefficient (Wildman–Crippen LogP) is 3.66. The van der Waals surface area contributed by atoms with Crippen molar-refractivity contribution in [3.05, 3.63) is 70.1 Å². The minimum absolute atomic E-state index is 0.00519. The van der Waals surface area contributed by atoms with Crippen LogP contribution in [-0.4, -0.2) is 56.2 Å². The molecule has 2 aromatic carbocycles. The smallest absolute Gasteiger partial charge is 0.269 e. The number of non-ortho nitro benzene ring substituents is 1. The quantitative estimate of drug-likeness (QED) is 0.220. The number of hydrogen-bond acceptors (Lipinski definition) is 10. The lowest BCUT2D eigenvalue weighted by molar-refractivity contribution is -0.384. The van der Waals surface area contributed by atoms with Gasteiger partial charge in [0.05, 0.1) is 29.6 Å². The van der Waals surface area contributed by atoms with Gasteiger partial charge in [0, 0.05) is 30.8 Å². The Labute approximate surface area is 198 Å². The van der Waals surface area contributed by atoms with E-state index in [4.69, 9.17) is 9.15 Å². The number of benzene rings is 2. The second kappa shape index (κ2) is 9.61. The summed E-state index contributed by atoms with van der Waals surface area (Å²) in [6.07, 6.45) is 0. The summed E-state index contributed by atoms with van der Waals surface area (Å²) in [5.41, 5.74) is 2.74. The SMILES string of the molecule is Cc1cccc(-n2c(SCc3nnc(-c4ccc([N+](=O)[O-])cc4)o3)nnc2N2CCOCC2)c1. The van der Waals surface area contributed by atoms with Crippen molar-refractivity contribution in [2.24, 2.45) is 0 Å². The number of nitrogens with zero attached hydrogens (tertiary/aromatic N) is 7. The second-order valence-corrected chi connectivity index (χ2v) is 8.59. The predicted molar refractivity (Wildman–Crippen MR) is 125 cm³/mol. The van der Waals surface area contributed by atoms with E-state index in [9.17, 15) is 10.1 Å². The fraction of sp³-hybridized carbons (Fsp3) is 0.273. The molecule has 1 fully saturated rings. The number of hydrogen-bond donors (Lipinski definition) is 0. The fourth-order valence-electron chi connectivity index (χ4n) is 3.60. The Morgan fingerprint density at radius 2 is 1.85 bits per heavy atom. The van der Waals surface area contributed by atoms with Crippen molar-refractivity contribution in [1.82, 2.24) is 25.0 Å². The highest BCUT2D eigenvalue weighted by Gasteiger charge is 2.22. The summed E-state index contributed by atoms with van der Waals surface area (Å²) >= 11 is 1.45. The molecule has 0 spiro atoms. The number of thioether (sulfide) groups is 1. The lowest BCUT2D eigenvalue weighted by atomic mass is 10.2. The number of ether oxygens (including phenoxy) is 1. The Balaban J connectivity index is 1.37. The molecule has 0 aliphatic carbocycles. The highest BCUT2D eigenvalue weighted by molar-refractivity contribution is 7.98. The van der Waals surface area contributed by atoms with Crippen molar-refractivity contribution in [2.75, 3.05) is 31.2 Å². The number of nitro benzene ring substituents is 1. The molecule has 34 heavy (non-hydrogen) atoms. The molecule has 2 aromatic heterocycles. The molecule has 1 aliphatic heterocycles. The molecule has 11 nitrogen and oxygen atoms in total. The van der Waals surface area contributed by atoms with Gasteiger partial charge in [-0.3, -0.25) is 14.7 Å². The lowest BCUT2D eigenvalue weighted by Crippen LogP contribution is -2.37. The van der Waals surface area contributed by atoms with Gasteiger partial charge >= 0.3 is 0 Å². The van der Waals surface area contributed by atoms with Crippen LogP contribution in [0.25, 0.3) is 17.1 Å². The van der Waals surface area contributed by atoms with E-state index >= 15 is 0 Å². The van der Waals surface area contributed by atoms with Gasteiger partial charge in [0.1, 0.15) is 0 Å². The Bertz CT molecular complexity index is 1300. The molecule has 0 bridgehead atoms. The van der Waals surface area contributed by atoms with E-state index < -0.39 is 4.92 Å². The Morgan fingerprint density at radius 1 is 1.06 bits per heavy atom. The van der Waals surface area contributed by atoms with Gasteiger partial charge in [0.25, 0.3) is 5.69 Å². The fourth-order valence-corrected chi connectivity index (χ4v) is 4.38. The molecule has 1 saturated heterocycles. The third-order valence-corrected chi connectivity index (χ3v) is 6.20. The third-order valence-electron chi connectivity index (χ3n) is 5.29. The van der Waals surface area contributed by atoms with Crippen molar-refractivity contribution in [3.63, 3.8) is 0 Å². The largest absolute Gasteiger partial charge is 0.420 e. The number of aromatic nitrogens is 5. The van der Waals surface area contributed by atoms with Crippen LogP contribution in [0.4, 0.5) is 11.6 Å². The van der Waals surface area contributed by atoms with E-state index in [0.717, 1.165) is 30.3 Å². The highest BCUT2D eigenvalue weighted by Crippen LogP contribution is 2.30. The van der Waals surface area contributed by atoms with Crippen molar-refractivity contribution in [1.29, 1.82) is 0 Å². The summed E-state index contributed by atoms with van der Waals surface area (Å²) in [5.74, 6) is 1.89. The molecule has 1 aliphatic rings. The molecular weight excluding hydrogens is 458 g/mol. The summed E-state index contributed by atoms with van der Waals surface area (Å²) in [5, 5.41) is 28.7. The number of nitro groups is 1.